The van der Waals surface area contributed by atoms with Crippen molar-refractivity contribution < 1.29 is 19.3 Å². The zero-order valence-corrected chi connectivity index (χ0v) is 16.1. The highest BCUT2D eigenvalue weighted by atomic mass is 79.9. The number of nitrogens with zero attached hydrogens (tertiary/aromatic N) is 1. The minimum absolute atomic E-state index is 0.138. The maximum atomic E-state index is 9.64. The van der Waals surface area contributed by atoms with Gasteiger partial charge in [-0.15, -0.1) is 0 Å². The number of rotatable bonds is 2. The molecule has 0 bridgehead atoms. The molecule has 24 heavy (non-hydrogen) atoms. The lowest BCUT2D eigenvalue weighted by atomic mass is 10.1. The predicted octanol–water partition coefficient (Wildman–Crippen LogP) is 4.12. The summed E-state index contributed by atoms with van der Waals surface area (Å²) in [5.41, 5.74) is 0.868. The summed E-state index contributed by atoms with van der Waals surface area (Å²) in [4.78, 5) is 0. The van der Waals surface area contributed by atoms with E-state index in [4.69, 9.17) is 37.4 Å². The molecule has 0 amide bonds. The highest BCUT2D eigenvalue weighted by molar-refractivity contribution is 9.10. The summed E-state index contributed by atoms with van der Waals surface area (Å²) in [6, 6.07) is 5.56. The summed E-state index contributed by atoms with van der Waals surface area (Å²) < 4.78 is 20.8. The van der Waals surface area contributed by atoms with Crippen molar-refractivity contribution in [1.82, 2.24) is 4.57 Å². The molecule has 1 N–H and O–H groups in total. The number of aliphatic hydroxyl groups excluding tert-OH is 1. The number of hydrogen-bond donors (Lipinski definition) is 1. The Morgan fingerprint density at radius 1 is 1.17 bits per heavy atom. The van der Waals surface area contributed by atoms with Crippen LogP contribution >= 0.6 is 39.1 Å². The number of aromatic nitrogens is 1. The highest BCUT2D eigenvalue weighted by Crippen LogP contribution is 2.45. The molecule has 2 unspecified atom stereocenters. The second-order valence-corrected chi connectivity index (χ2v) is 8.10. The number of benzene rings is 1. The average molecular weight is 437 g/mol. The maximum absolute atomic E-state index is 9.64. The van der Waals surface area contributed by atoms with E-state index < -0.39 is 18.1 Å². The molecule has 0 spiro atoms. The molecule has 1 aromatic heterocycles. The molecule has 0 saturated carbocycles. The molecule has 5 nitrogen and oxygen atoms in total. The first-order valence-corrected chi connectivity index (χ1v) is 9.13. The van der Waals surface area contributed by atoms with E-state index in [1.807, 2.05) is 30.5 Å². The van der Waals surface area contributed by atoms with Gasteiger partial charge in [-0.2, -0.15) is 0 Å². The van der Waals surface area contributed by atoms with Crippen molar-refractivity contribution in [2.24, 2.45) is 0 Å². The van der Waals surface area contributed by atoms with Gasteiger partial charge < -0.3 is 23.9 Å². The molecule has 2 aromatic rings. The lowest BCUT2D eigenvalue weighted by Gasteiger charge is -2.25. The van der Waals surface area contributed by atoms with Crippen molar-refractivity contribution in [2.45, 2.75) is 44.2 Å². The van der Waals surface area contributed by atoms with Crippen molar-refractivity contribution >= 4 is 50.0 Å². The molecule has 130 valence electrons. The summed E-state index contributed by atoms with van der Waals surface area (Å²) in [5.74, 6) is -0.721. The summed E-state index contributed by atoms with van der Waals surface area (Å²) in [6.45, 7) is 3.58. The van der Waals surface area contributed by atoms with E-state index in [1.165, 1.54) is 0 Å². The Balaban J connectivity index is 1.82. The Kier molecular flexibility index (Phi) is 4.16. The molecule has 4 atom stereocenters. The standard InChI is InChI=1S/C16H16BrCl2NO4/c1-16(2)23-13-11(6-21)22-15(14(13)24-16)20-10-5-9(19)8(18)3-7(10)4-12(20)17/h3-5,11,13-15,21H,6H2,1-2H3/t11-,13?,14?,15-/m1/s1. The number of ether oxygens (including phenoxy) is 3. The van der Waals surface area contributed by atoms with Crippen LogP contribution in [-0.4, -0.2) is 40.4 Å². The number of halogens is 3. The topological polar surface area (TPSA) is 52.9 Å². The molecule has 4 rings (SSSR count). The van der Waals surface area contributed by atoms with Crippen molar-refractivity contribution in [2.75, 3.05) is 6.61 Å². The fraction of sp³-hybridized carbons (Fsp3) is 0.500. The largest absolute Gasteiger partial charge is 0.394 e. The first kappa shape index (κ1) is 17.1. The Morgan fingerprint density at radius 3 is 2.54 bits per heavy atom. The fourth-order valence-corrected chi connectivity index (χ4v) is 4.43. The van der Waals surface area contributed by atoms with Crippen molar-refractivity contribution in [3.8, 4) is 0 Å². The lowest BCUT2D eigenvalue weighted by molar-refractivity contribution is -0.199. The summed E-state index contributed by atoms with van der Waals surface area (Å²) in [6.07, 6.45) is -1.56. The van der Waals surface area contributed by atoms with Gasteiger partial charge in [0, 0.05) is 5.39 Å². The minimum atomic E-state index is -0.721. The van der Waals surface area contributed by atoms with Crippen LogP contribution in [0.1, 0.15) is 20.1 Å². The first-order valence-electron chi connectivity index (χ1n) is 7.58. The van der Waals surface area contributed by atoms with E-state index in [9.17, 15) is 5.11 Å². The number of aliphatic hydroxyl groups is 1. The lowest BCUT2D eigenvalue weighted by Crippen LogP contribution is -2.31. The second-order valence-electron chi connectivity index (χ2n) is 6.47. The molecule has 1 aromatic carbocycles. The van der Waals surface area contributed by atoms with Gasteiger partial charge in [-0.05, 0) is 48.0 Å². The predicted molar refractivity (Wildman–Crippen MR) is 94.5 cm³/mol. The van der Waals surface area contributed by atoms with Crippen LogP contribution in [0.3, 0.4) is 0 Å². The van der Waals surface area contributed by atoms with Gasteiger partial charge in [0.05, 0.1) is 26.8 Å². The molecular formula is C16H16BrCl2NO4. The third kappa shape index (κ3) is 2.60. The third-order valence-corrected chi connectivity index (χ3v) is 5.73. The summed E-state index contributed by atoms with van der Waals surface area (Å²) in [5, 5.41) is 11.5. The van der Waals surface area contributed by atoms with E-state index in [0.717, 1.165) is 15.5 Å². The summed E-state index contributed by atoms with van der Waals surface area (Å²) in [7, 11) is 0. The quantitative estimate of drug-likeness (QED) is 0.769. The van der Waals surface area contributed by atoms with E-state index >= 15 is 0 Å². The van der Waals surface area contributed by atoms with Gasteiger partial charge in [-0.3, -0.25) is 0 Å². The van der Waals surface area contributed by atoms with Crippen LogP contribution < -0.4 is 0 Å². The number of hydrogen-bond acceptors (Lipinski definition) is 4. The van der Waals surface area contributed by atoms with Gasteiger partial charge in [-0.1, -0.05) is 23.2 Å². The molecule has 2 saturated heterocycles. The molecule has 2 aliphatic rings. The van der Waals surface area contributed by atoms with Crippen LogP contribution in [0, 0.1) is 0 Å². The molecule has 0 aliphatic carbocycles. The molecular weight excluding hydrogens is 421 g/mol. The van der Waals surface area contributed by atoms with E-state index in [0.29, 0.717) is 10.0 Å². The normalized spacial score (nSPS) is 31.8. The van der Waals surface area contributed by atoms with Crippen LogP contribution in [0.25, 0.3) is 10.9 Å². The number of fused-ring (bicyclic) bond motifs is 2. The monoisotopic (exact) mass is 435 g/mol. The Labute approximate surface area is 157 Å². The molecule has 3 heterocycles. The van der Waals surface area contributed by atoms with Crippen molar-refractivity contribution in [1.29, 1.82) is 0 Å². The Morgan fingerprint density at radius 2 is 1.83 bits per heavy atom. The van der Waals surface area contributed by atoms with E-state index in [1.54, 1.807) is 6.07 Å². The first-order chi connectivity index (χ1) is 11.3. The van der Waals surface area contributed by atoms with Crippen LogP contribution in [-0.2, 0) is 14.2 Å². The maximum Gasteiger partial charge on any atom is 0.164 e. The fourth-order valence-electron chi connectivity index (χ4n) is 3.46. The van der Waals surface area contributed by atoms with Crippen LogP contribution in [0.2, 0.25) is 10.0 Å². The second kappa shape index (κ2) is 5.84. The van der Waals surface area contributed by atoms with Gasteiger partial charge in [-0.25, -0.2) is 0 Å². The summed E-state index contributed by atoms with van der Waals surface area (Å²) >= 11 is 15.9. The van der Waals surface area contributed by atoms with Gasteiger partial charge in [0.1, 0.15) is 18.3 Å². The highest BCUT2D eigenvalue weighted by Gasteiger charge is 2.56. The van der Waals surface area contributed by atoms with Gasteiger partial charge in [0.15, 0.2) is 12.0 Å². The van der Waals surface area contributed by atoms with E-state index in [2.05, 4.69) is 15.9 Å². The zero-order chi connectivity index (χ0) is 17.2. The van der Waals surface area contributed by atoms with Crippen molar-refractivity contribution in [3.05, 3.63) is 32.8 Å². The zero-order valence-electron chi connectivity index (χ0n) is 13.0. The molecule has 0 radical (unpaired) electrons. The van der Waals surface area contributed by atoms with Crippen molar-refractivity contribution in [3.63, 3.8) is 0 Å². The van der Waals surface area contributed by atoms with Crippen LogP contribution in [0.15, 0.2) is 22.8 Å². The minimum Gasteiger partial charge on any atom is -0.394 e. The van der Waals surface area contributed by atoms with Crippen LogP contribution in [0.5, 0.6) is 0 Å². The molecule has 2 fully saturated rings. The smallest absolute Gasteiger partial charge is 0.164 e. The molecule has 8 heteroatoms. The van der Waals surface area contributed by atoms with Gasteiger partial charge in [0.2, 0.25) is 0 Å². The van der Waals surface area contributed by atoms with E-state index in [-0.39, 0.29) is 18.8 Å². The third-order valence-electron chi connectivity index (χ3n) is 4.39. The van der Waals surface area contributed by atoms with Gasteiger partial charge >= 0.3 is 0 Å². The average Bonchev–Trinajstić information content (AvgIpc) is 3.08. The van der Waals surface area contributed by atoms with Crippen LogP contribution in [0.4, 0.5) is 0 Å². The molecule has 2 aliphatic heterocycles. The Bertz CT molecular complexity index is 809. The van der Waals surface area contributed by atoms with Gasteiger partial charge in [0.25, 0.3) is 0 Å². The SMILES string of the molecule is CC1(C)OC2C(O1)[C@@H](CO)O[C@H]2n1c(Br)cc2cc(Cl)c(Cl)cc21. The Hall–Kier alpha value is -0.340.